The first-order valence-electron chi connectivity index (χ1n) is 8.76. The Balaban J connectivity index is 2.07. The lowest BCUT2D eigenvalue weighted by atomic mass is 10.1. The highest BCUT2D eigenvalue weighted by Gasteiger charge is 2.17. The minimum Gasteiger partial charge on any atom is -0.461 e. The summed E-state index contributed by atoms with van der Waals surface area (Å²) in [6.45, 7) is 6.62. The van der Waals surface area contributed by atoms with E-state index in [2.05, 4.69) is 12.2 Å². The average Bonchev–Trinajstić information content (AvgIpc) is 2.62. The Hall–Kier alpha value is -1.92. The van der Waals surface area contributed by atoms with Gasteiger partial charge < -0.3 is 19.5 Å². The molecule has 1 atom stereocenters. The summed E-state index contributed by atoms with van der Waals surface area (Å²) in [5.41, 5.74) is 0.924. The fourth-order valence-electron chi connectivity index (χ4n) is 2.03. The second-order valence-corrected chi connectivity index (χ2v) is 5.77. The van der Waals surface area contributed by atoms with Gasteiger partial charge in [-0.2, -0.15) is 0 Å². The molecule has 0 aromatic heterocycles. The van der Waals surface area contributed by atoms with Gasteiger partial charge in [-0.1, -0.05) is 44.2 Å². The number of hydrogen-bond acceptors (Lipinski definition) is 5. The van der Waals surface area contributed by atoms with Gasteiger partial charge in [0.25, 0.3) is 0 Å². The highest BCUT2D eigenvalue weighted by molar-refractivity contribution is 5.83. The molecule has 1 aromatic carbocycles. The molecule has 0 saturated carbocycles. The van der Waals surface area contributed by atoms with Gasteiger partial charge in [0.1, 0.15) is 6.61 Å². The Labute approximate surface area is 149 Å². The van der Waals surface area contributed by atoms with E-state index in [1.54, 1.807) is 6.92 Å². The van der Waals surface area contributed by atoms with Crippen LogP contribution < -0.4 is 5.32 Å². The van der Waals surface area contributed by atoms with E-state index in [-0.39, 0.29) is 24.9 Å². The molecule has 0 aliphatic rings. The van der Waals surface area contributed by atoms with Crippen molar-refractivity contribution in [2.75, 3.05) is 33.0 Å². The molecule has 0 aliphatic heterocycles. The van der Waals surface area contributed by atoms with Crippen LogP contribution in [0.4, 0.5) is 0 Å². The molecule has 6 heteroatoms. The van der Waals surface area contributed by atoms with Crippen LogP contribution in [0.2, 0.25) is 0 Å². The SMILES string of the molecule is CCCOCCOCCNC(=O)C(C)CC(=O)OCc1ccccc1. The summed E-state index contributed by atoms with van der Waals surface area (Å²) in [7, 11) is 0. The predicted octanol–water partition coefficient (Wildman–Crippen LogP) is 2.32. The second-order valence-electron chi connectivity index (χ2n) is 5.77. The van der Waals surface area contributed by atoms with E-state index in [4.69, 9.17) is 14.2 Å². The van der Waals surface area contributed by atoms with Crippen LogP contribution >= 0.6 is 0 Å². The molecule has 0 saturated heterocycles. The smallest absolute Gasteiger partial charge is 0.306 e. The zero-order valence-corrected chi connectivity index (χ0v) is 15.2. The number of carbonyl (C=O) groups excluding carboxylic acids is 2. The van der Waals surface area contributed by atoms with Crippen LogP contribution in [0.15, 0.2) is 30.3 Å². The standard InChI is InChI=1S/C19H29NO5/c1-3-10-23-12-13-24-11-9-20-19(22)16(2)14-18(21)25-15-17-7-5-4-6-8-17/h4-8,16H,3,9-15H2,1-2H3,(H,20,22). The fourth-order valence-corrected chi connectivity index (χ4v) is 2.03. The van der Waals surface area contributed by atoms with E-state index in [1.165, 1.54) is 0 Å². The number of esters is 1. The Bertz CT molecular complexity index is 492. The molecule has 1 unspecified atom stereocenters. The summed E-state index contributed by atoms with van der Waals surface area (Å²) in [6.07, 6.45) is 1.05. The van der Waals surface area contributed by atoms with Crippen molar-refractivity contribution >= 4 is 11.9 Å². The van der Waals surface area contributed by atoms with Crippen LogP contribution in [-0.4, -0.2) is 44.8 Å². The van der Waals surface area contributed by atoms with Crippen LogP contribution in [0.5, 0.6) is 0 Å². The fraction of sp³-hybridized carbons (Fsp3) is 0.579. The number of nitrogens with one attached hydrogen (secondary N) is 1. The summed E-state index contributed by atoms with van der Waals surface area (Å²) < 4.78 is 15.8. The molecule has 0 bridgehead atoms. The number of amides is 1. The quantitative estimate of drug-likeness (QED) is 0.436. The number of carbonyl (C=O) groups is 2. The highest BCUT2D eigenvalue weighted by atomic mass is 16.5. The third kappa shape index (κ3) is 10.5. The molecule has 0 spiro atoms. The lowest BCUT2D eigenvalue weighted by molar-refractivity contribution is -0.147. The molecule has 0 aliphatic carbocycles. The summed E-state index contributed by atoms with van der Waals surface area (Å²) in [6, 6.07) is 9.45. The van der Waals surface area contributed by atoms with E-state index < -0.39 is 5.92 Å². The van der Waals surface area contributed by atoms with Crippen molar-refractivity contribution in [3.8, 4) is 0 Å². The second kappa shape index (κ2) is 13.4. The molecule has 140 valence electrons. The van der Waals surface area contributed by atoms with Crippen molar-refractivity contribution in [1.29, 1.82) is 0 Å². The van der Waals surface area contributed by atoms with Crippen LogP contribution in [0.1, 0.15) is 32.3 Å². The summed E-state index contributed by atoms with van der Waals surface area (Å²) >= 11 is 0. The molecule has 0 heterocycles. The first kappa shape index (κ1) is 21.1. The van der Waals surface area contributed by atoms with Crippen molar-refractivity contribution in [3.05, 3.63) is 35.9 Å². The van der Waals surface area contributed by atoms with Crippen LogP contribution in [-0.2, 0) is 30.4 Å². The number of hydrogen-bond donors (Lipinski definition) is 1. The minimum absolute atomic E-state index is 0.0599. The van der Waals surface area contributed by atoms with Gasteiger partial charge in [-0.25, -0.2) is 0 Å². The normalized spacial score (nSPS) is 11.8. The van der Waals surface area contributed by atoms with Gasteiger partial charge in [0.05, 0.1) is 26.2 Å². The number of ether oxygens (including phenoxy) is 3. The van der Waals surface area contributed by atoms with Gasteiger partial charge in [0.15, 0.2) is 0 Å². The van der Waals surface area contributed by atoms with Gasteiger partial charge in [-0.05, 0) is 12.0 Å². The van der Waals surface area contributed by atoms with E-state index >= 15 is 0 Å². The van der Waals surface area contributed by atoms with Crippen molar-refractivity contribution in [3.63, 3.8) is 0 Å². The van der Waals surface area contributed by atoms with Gasteiger partial charge in [-0.3, -0.25) is 9.59 Å². The van der Waals surface area contributed by atoms with Crippen molar-refractivity contribution in [2.45, 2.75) is 33.3 Å². The van der Waals surface area contributed by atoms with E-state index in [0.29, 0.717) is 26.4 Å². The van der Waals surface area contributed by atoms with E-state index in [0.717, 1.165) is 18.6 Å². The third-order valence-electron chi connectivity index (χ3n) is 3.43. The summed E-state index contributed by atoms with van der Waals surface area (Å²) in [5, 5.41) is 2.75. The molecular formula is C19H29NO5. The van der Waals surface area contributed by atoms with Crippen LogP contribution in [0.3, 0.4) is 0 Å². The number of benzene rings is 1. The van der Waals surface area contributed by atoms with Crippen LogP contribution in [0, 0.1) is 5.92 Å². The minimum atomic E-state index is -0.434. The molecule has 1 rings (SSSR count). The molecule has 1 aromatic rings. The highest BCUT2D eigenvalue weighted by Crippen LogP contribution is 2.06. The van der Waals surface area contributed by atoms with Crippen LogP contribution in [0.25, 0.3) is 0 Å². The molecule has 0 radical (unpaired) electrons. The largest absolute Gasteiger partial charge is 0.461 e. The molecule has 25 heavy (non-hydrogen) atoms. The molecule has 1 amide bonds. The molecule has 0 fully saturated rings. The van der Waals surface area contributed by atoms with E-state index in [9.17, 15) is 9.59 Å². The first-order valence-corrected chi connectivity index (χ1v) is 8.76. The first-order chi connectivity index (χ1) is 12.1. The monoisotopic (exact) mass is 351 g/mol. The Morgan fingerprint density at radius 1 is 1.04 bits per heavy atom. The Morgan fingerprint density at radius 3 is 2.40 bits per heavy atom. The van der Waals surface area contributed by atoms with Crippen molar-refractivity contribution < 1.29 is 23.8 Å². The van der Waals surface area contributed by atoms with E-state index in [1.807, 2.05) is 30.3 Å². The van der Waals surface area contributed by atoms with Crippen molar-refractivity contribution in [2.24, 2.45) is 5.92 Å². The van der Waals surface area contributed by atoms with Gasteiger partial charge >= 0.3 is 5.97 Å². The Morgan fingerprint density at radius 2 is 1.72 bits per heavy atom. The lowest BCUT2D eigenvalue weighted by Gasteiger charge is -2.12. The summed E-state index contributed by atoms with van der Waals surface area (Å²) in [5.74, 6) is -0.991. The zero-order chi connectivity index (χ0) is 18.3. The summed E-state index contributed by atoms with van der Waals surface area (Å²) in [4.78, 5) is 23.7. The Kier molecular flexibility index (Phi) is 11.3. The topological polar surface area (TPSA) is 73.9 Å². The number of rotatable bonds is 13. The maximum absolute atomic E-state index is 11.9. The average molecular weight is 351 g/mol. The zero-order valence-electron chi connectivity index (χ0n) is 15.2. The molecule has 6 nitrogen and oxygen atoms in total. The molecular weight excluding hydrogens is 322 g/mol. The van der Waals surface area contributed by atoms with Gasteiger partial charge in [0.2, 0.25) is 5.91 Å². The van der Waals surface area contributed by atoms with Gasteiger partial charge in [0, 0.05) is 19.1 Å². The maximum Gasteiger partial charge on any atom is 0.306 e. The maximum atomic E-state index is 11.9. The van der Waals surface area contributed by atoms with Gasteiger partial charge in [-0.15, -0.1) is 0 Å². The molecule has 1 N–H and O–H groups in total. The third-order valence-corrected chi connectivity index (χ3v) is 3.43. The lowest BCUT2D eigenvalue weighted by Crippen LogP contribution is -2.33. The van der Waals surface area contributed by atoms with Crippen molar-refractivity contribution in [1.82, 2.24) is 5.32 Å². The predicted molar refractivity (Wildman–Crippen MR) is 95.0 cm³/mol.